The summed E-state index contributed by atoms with van der Waals surface area (Å²) in [5.74, 6) is -7.57. The van der Waals surface area contributed by atoms with Crippen LogP contribution in [0.1, 0.15) is 15.9 Å². The maximum absolute atomic E-state index is 14.5. The van der Waals surface area contributed by atoms with E-state index in [0.717, 1.165) is 12.1 Å². The minimum Gasteiger partial charge on any atom is -0.286 e. The summed E-state index contributed by atoms with van der Waals surface area (Å²) in [5, 5.41) is 0. The highest BCUT2D eigenvalue weighted by Gasteiger charge is 2.77. The lowest BCUT2D eigenvalue weighted by Gasteiger charge is -2.39. The number of halogens is 7. The number of hydrogen-bond donors (Lipinski definition) is 0. The van der Waals surface area contributed by atoms with Gasteiger partial charge in [-0.15, -0.1) is 0 Å². The molecule has 0 heterocycles. The average molecular weight is 379 g/mol. The van der Waals surface area contributed by atoms with Crippen LogP contribution in [0.4, 0.5) is 30.7 Å². The zero-order valence-electron chi connectivity index (χ0n) is 13.0. The van der Waals surface area contributed by atoms with Crippen LogP contribution in [0.15, 0.2) is 60.7 Å². The Kier molecular flexibility index (Phi) is 5.29. The topological polar surface area (TPSA) is 20.3 Å². The van der Waals surface area contributed by atoms with E-state index in [1.807, 2.05) is 0 Å². The van der Waals surface area contributed by atoms with Gasteiger partial charge in [0.25, 0.3) is 5.91 Å². The molecular formula is C17H12F7NO. The highest BCUT2D eigenvalue weighted by Crippen LogP contribution is 2.49. The molecule has 0 radical (unpaired) electrons. The Hall–Kier alpha value is -2.58. The van der Waals surface area contributed by atoms with Gasteiger partial charge in [0.15, 0.2) is 0 Å². The molecule has 0 N–H and O–H groups in total. The summed E-state index contributed by atoms with van der Waals surface area (Å²) in [6, 6.07) is 12.5. The molecule has 26 heavy (non-hydrogen) atoms. The zero-order valence-corrected chi connectivity index (χ0v) is 13.0. The molecule has 2 nitrogen and oxygen atoms in total. The quantitative estimate of drug-likeness (QED) is 0.534. The van der Waals surface area contributed by atoms with E-state index in [1.54, 1.807) is 0 Å². The van der Waals surface area contributed by atoms with Gasteiger partial charge >= 0.3 is 18.1 Å². The fraction of sp³-hybridized carbons (Fsp3) is 0.235. The van der Waals surface area contributed by atoms with Crippen molar-refractivity contribution in [2.75, 3.05) is 0 Å². The number of rotatable bonds is 4. The van der Waals surface area contributed by atoms with Crippen LogP contribution in [0, 0.1) is 0 Å². The molecule has 0 unspecified atom stereocenters. The molecule has 140 valence electrons. The number of benzene rings is 2. The highest BCUT2D eigenvalue weighted by atomic mass is 19.4. The van der Waals surface area contributed by atoms with Crippen LogP contribution >= 0.6 is 0 Å². The Morgan fingerprint density at radius 3 is 1.58 bits per heavy atom. The van der Waals surface area contributed by atoms with Crippen LogP contribution < -0.4 is 0 Å². The second kappa shape index (κ2) is 6.97. The molecule has 0 aliphatic rings. The first kappa shape index (κ1) is 19.7. The number of carbonyl (C=O) groups excluding carboxylic acids is 1. The number of carbonyl (C=O) groups is 1. The molecule has 0 saturated carbocycles. The lowest BCUT2D eigenvalue weighted by atomic mass is 10.1. The molecule has 2 aromatic rings. The zero-order chi connectivity index (χ0) is 19.6. The predicted octanol–water partition coefficient (Wildman–Crippen LogP) is 5.12. The summed E-state index contributed by atoms with van der Waals surface area (Å²) in [5.41, 5.74) is -0.591. The van der Waals surface area contributed by atoms with Crippen molar-refractivity contribution in [3.05, 3.63) is 71.8 Å². The van der Waals surface area contributed by atoms with Crippen LogP contribution in [0.25, 0.3) is 0 Å². The SMILES string of the molecule is O=C(c1ccccc1)N(Cc1ccccc1)C(F)(C(F)(F)F)C(F)(F)F. The Morgan fingerprint density at radius 2 is 1.15 bits per heavy atom. The van der Waals surface area contributed by atoms with E-state index < -0.39 is 41.1 Å². The molecule has 0 aromatic heterocycles. The van der Waals surface area contributed by atoms with Crippen LogP contribution in [0.2, 0.25) is 0 Å². The summed E-state index contributed by atoms with van der Waals surface area (Å²) in [4.78, 5) is 11.5. The second-order valence-corrected chi connectivity index (χ2v) is 5.36. The van der Waals surface area contributed by atoms with Gasteiger partial charge in [0.1, 0.15) is 0 Å². The molecule has 0 aliphatic heterocycles. The molecule has 0 aliphatic carbocycles. The lowest BCUT2D eigenvalue weighted by molar-refractivity contribution is -0.381. The number of alkyl halides is 7. The number of amides is 1. The second-order valence-electron chi connectivity index (χ2n) is 5.36. The van der Waals surface area contributed by atoms with Crippen LogP contribution in [0.3, 0.4) is 0 Å². The van der Waals surface area contributed by atoms with Gasteiger partial charge in [0, 0.05) is 12.1 Å². The summed E-state index contributed by atoms with van der Waals surface area (Å²) in [7, 11) is 0. The van der Waals surface area contributed by atoms with Gasteiger partial charge in [0.05, 0.1) is 0 Å². The van der Waals surface area contributed by atoms with Crippen molar-refractivity contribution < 1.29 is 35.5 Å². The van der Waals surface area contributed by atoms with Gasteiger partial charge in [-0.05, 0) is 17.7 Å². The molecule has 9 heteroatoms. The Bertz CT molecular complexity index is 727. The normalized spacial score (nSPS) is 12.7. The van der Waals surface area contributed by atoms with Gasteiger partial charge in [-0.2, -0.15) is 30.7 Å². The predicted molar refractivity (Wildman–Crippen MR) is 78.7 cm³/mol. The Morgan fingerprint density at radius 1 is 0.731 bits per heavy atom. The molecule has 0 saturated heterocycles. The molecule has 0 spiro atoms. The first-order valence-electron chi connectivity index (χ1n) is 7.22. The largest absolute Gasteiger partial charge is 0.451 e. The van der Waals surface area contributed by atoms with Gasteiger partial charge < -0.3 is 0 Å². The van der Waals surface area contributed by atoms with Gasteiger partial charge in [-0.25, -0.2) is 0 Å². The summed E-state index contributed by atoms with van der Waals surface area (Å²) in [6.07, 6.45) is -12.8. The van der Waals surface area contributed by atoms with E-state index in [1.165, 1.54) is 48.5 Å². The first-order valence-corrected chi connectivity index (χ1v) is 7.22. The van der Waals surface area contributed by atoms with E-state index in [2.05, 4.69) is 0 Å². The van der Waals surface area contributed by atoms with Crippen molar-refractivity contribution in [1.29, 1.82) is 0 Å². The van der Waals surface area contributed by atoms with Gasteiger partial charge in [0.2, 0.25) is 0 Å². The smallest absolute Gasteiger partial charge is 0.286 e. The Labute approximate surface area is 143 Å². The van der Waals surface area contributed by atoms with Crippen molar-refractivity contribution in [3.8, 4) is 0 Å². The Balaban J connectivity index is 2.60. The summed E-state index contributed by atoms with van der Waals surface area (Å²) < 4.78 is 93.4. The monoisotopic (exact) mass is 379 g/mol. The van der Waals surface area contributed by atoms with E-state index in [4.69, 9.17) is 0 Å². The maximum atomic E-state index is 14.5. The van der Waals surface area contributed by atoms with Crippen molar-refractivity contribution in [2.24, 2.45) is 0 Å². The van der Waals surface area contributed by atoms with E-state index in [9.17, 15) is 35.5 Å². The van der Waals surface area contributed by atoms with Crippen molar-refractivity contribution >= 4 is 5.91 Å². The molecule has 0 fully saturated rings. The molecule has 1 amide bonds. The van der Waals surface area contributed by atoms with Crippen molar-refractivity contribution in [3.63, 3.8) is 0 Å². The van der Waals surface area contributed by atoms with Crippen LogP contribution in [0.5, 0.6) is 0 Å². The average Bonchev–Trinajstić information content (AvgIpc) is 2.58. The third-order valence-corrected chi connectivity index (χ3v) is 3.57. The lowest BCUT2D eigenvalue weighted by Crippen LogP contribution is -2.65. The standard InChI is InChI=1S/C17H12F7NO/c18-15(16(19,20)21,17(22,23)24)25(11-12-7-3-1-4-8-12)14(26)13-9-5-2-6-10-13/h1-10H,11H2. The van der Waals surface area contributed by atoms with E-state index in [0.29, 0.717) is 0 Å². The number of nitrogens with zero attached hydrogens (tertiary/aromatic N) is 1. The maximum Gasteiger partial charge on any atom is 0.451 e. The highest BCUT2D eigenvalue weighted by molar-refractivity contribution is 5.94. The third-order valence-electron chi connectivity index (χ3n) is 3.57. The number of hydrogen-bond acceptors (Lipinski definition) is 1. The first-order chi connectivity index (χ1) is 12.0. The molecule has 0 atom stereocenters. The van der Waals surface area contributed by atoms with E-state index >= 15 is 0 Å². The van der Waals surface area contributed by atoms with Crippen molar-refractivity contribution in [1.82, 2.24) is 4.90 Å². The van der Waals surface area contributed by atoms with Crippen LogP contribution in [-0.2, 0) is 6.54 Å². The molecule has 0 bridgehead atoms. The van der Waals surface area contributed by atoms with Gasteiger partial charge in [-0.1, -0.05) is 48.5 Å². The molecule has 2 rings (SSSR count). The van der Waals surface area contributed by atoms with E-state index in [-0.39, 0.29) is 5.56 Å². The summed E-state index contributed by atoms with van der Waals surface area (Å²) in [6.45, 7) is -1.22. The van der Waals surface area contributed by atoms with Crippen LogP contribution in [-0.4, -0.2) is 29.0 Å². The fourth-order valence-corrected chi connectivity index (χ4v) is 2.29. The minimum atomic E-state index is -6.38. The fourth-order valence-electron chi connectivity index (χ4n) is 2.29. The minimum absolute atomic E-state index is 0.0905. The molecular weight excluding hydrogens is 367 g/mol. The summed E-state index contributed by atoms with van der Waals surface area (Å²) >= 11 is 0. The molecule has 2 aromatic carbocycles. The van der Waals surface area contributed by atoms with Gasteiger partial charge in [-0.3, -0.25) is 9.69 Å². The van der Waals surface area contributed by atoms with Crippen molar-refractivity contribution in [2.45, 2.75) is 24.7 Å². The third kappa shape index (κ3) is 3.66.